The second-order valence-corrected chi connectivity index (χ2v) is 9.96. The Labute approximate surface area is 224 Å². The predicted octanol–water partition coefficient (Wildman–Crippen LogP) is 4.68. The maximum Gasteiger partial charge on any atom is 0.323 e. The number of likely N-dealkylation sites (N-methyl/N-ethyl adjacent to an activating group) is 1. The lowest BCUT2D eigenvalue weighted by molar-refractivity contribution is 0.0341. The Morgan fingerprint density at radius 1 is 1.05 bits per heavy atom. The summed E-state index contributed by atoms with van der Waals surface area (Å²) in [6, 6.07) is 23.7. The Hall–Kier alpha value is -3.88. The number of carbonyl (C=O) groups excluding carboxylic acids is 2. The molecule has 3 N–H and O–H groups in total. The van der Waals surface area contributed by atoms with Gasteiger partial charge in [0.05, 0.1) is 18.2 Å². The van der Waals surface area contributed by atoms with Crippen LogP contribution in [0.5, 0.6) is 5.75 Å². The van der Waals surface area contributed by atoms with Crippen LogP contribution in [0.1, 0.15) is 29.8 Å². The average molecular weight is 517 g/mol. The second kappa shape index (κ2) is 12.6. The molecule has 0 bridgehead atoms. The lowest BCUT2D eigenvalue weighted by Gasteiger charge is -2.38. The SMILES string of the molecule is C[C@@H]1CN([C@H](C)CO)C(=O)c2cc(NC(=O)Nc3ccccc3)ccc2O[C@H]1CN(C)Cc1ccccc1. The number of rotatable bonds is 8. The van der Waals surface area contributed by atoms with Crippen molar-refractivity contribution in [3.63, 3.8) is 0 Å². The van der Waals surface area contributed by atoms with Crippen LogP contribution in [0.3, 0.4) is 0 Å². The van der Waals surface area contributed by atoms with Crippen LogP contribution in [0.15, 0.2) is 78.9 Å². The molecule has 8 heteroatoms. The number of aliphatic hydroxyl groups is 1. The van der Waals surface area contributed by atoms with E-state index < -0.39 is 6.03 Å². The number of anilines is 2. The van der Waals surface area contributed by atoms with Crippen LogP contribution < -0.4 is 15.4 Å². The third-order valence-electron chi connectivity index (χ3n) is 6.74. The van der Waals surface area contributed by atoms with Gasteiger partial charge in [-0.2, -0.15) is 0 Å². The van der Waals surface area contributed by atoms with Crippen molar-refractivity contribution in [3.05, 3.63) is 90.0 Å². The number of amides is 3. The fourth-order valence-electron chi connectivity index (χ4n) is 4.60. The quantitative estimate of drug-likeness (QED) is 0.404. The van der Waals surface area contributed by atoms with E-state index in [9.17, 15) is 14.7 Å². The molecule has 3 aromatic carbocycles. The lowest BCUT2D eigenvalue weighted by Crippen LogP contribution is -2.49. The number of nitrogens with one attached hydrogen (secondary N) is 2. The van der Waals surface area contributed by atoms with Gasteiger partial charge in [-0.15, -0.1) is 0 Å². The minimum atomic E-state index is -0.412. The summed E-state index contributed by atoms with van der Waals surface area (Å²) in [5.74, 6) is 0.245. The third-order valence-corrected chi connectivity index (χ3v) is 6.74. The first kappa shape index (κ1) is 27.2. The molecule has 4 rings (SSSR count). The van der Waals surface area contributed by atoms with Crippen LogP contribution in [0.25, 0.3) is 0 Å². The van der Waals surface area contributed by atoms with Crippen molar-refractivity contribution >= 4 is 23.3 Å². The van der Waals surface area contributed by atoms with Crippen LogP contribution in [0.2, 0.25) is 0 Å². The molecule has 1 aliphatic heterocycles. The Kier molecular flexibility index (Phi) is 8.99. The number of hydrogen-bond donors (Lipinski definition) is 3. The zero-order valence-corrected chi connectivity index (χ0v) is 22.1. The first-order valence-electron chi connectivity index (χ1n) is 12.9. The minimum absolute atomic E-state index is 0.0220. The molecular weight excluding hydrogens is 480 g/mol. The standard InChI is InChI=1S/C30H36N4O4/c1-21-17-34(22(2)20-35)29(36)26-16-25(32-30(37)31-24-12-8-5-9-13-24)14-15-27(26)38-28(21)19-33(3)18-23-10-6-4-7-11-23/h4-16,21-22,28,35H,17-20H2,1-3H3,(H2,31,32,37)/t21-,22-,28+/m1/s1. The molecule has 3 amide bonds. The van der Waals surface area contributed by atoms with E-state index in [4.69, 9.17) is 4.74 Å². The van der Waals surface area contributed by atoms with Crippen LogP contribution >= 0.6 is 0 Å². The molecule has 0 aromatic heterocycles. The van der Waals surface area contributed by atoms with Crippen molar-refractivity contribution in [3.8, 4) is 5.75 Å². The van der Waals surface area contributed by atoms with E-state index in [-0.39, 0.29) is 30.6 Å². The van der Waals surface area contributed by atoms with E-state index in [0.29, 0.717) is 35.8 Å². The minimum Gasteiger partial charge on any atom is -0.488 e. The highest BCUT2D eigenvalue weighted by Gasteiger charge is 2.33. The maximum absolute atomic E-state index is 13.6. The van der Waals surface area contributed by atoms with Crippen molar-refractivity contribution in [2.24, 2.45) is 5.92 Å². The van der Waals surface area contributed by atoms with Crippen molar-refractivity contribution < 1.29 is 19.4 Å². The molecule has 38 heavy (non-hydrogen) atoms. The number of hydrogen-bond acceptors (Lipinski definition) is 5. The Balaban J connectivity index is 1.56. The van der Waals surface area contributed by atoms with Gasteiger partial charge in [-0.05, 0) is 49.9 Å². The van der Waals surface area contributed by atoms with Gasteiger partial charge in [0.1, 0.15) is 11.9 Å². The van der Waals surface area contributed by atoms with E-state index >= 15 is 0 Å². The number of urea groups is 1. The highest BCUT2D eigenvalue weighted by atomic mass is 16.5. The Morgan fingerprint density at radius 2 is 1.71 bits per heavy atom. The largest absolute Gasteiger partial charge is 0.488 e. The summed E-state index contributed by atoms with van der Waals surface area (Å²) in [7, 11) is 2.06. The van der Waals surface area contributed by atoms with Gasteiger partial charge in [0.25, 0.3) is 5.91 Å². The van der Waals surface area contributed by atoms with Crippen LogP contribution in [0.4, 0.5) is 16.2 Å². The average Bonchev–Trinajstić information content (AvgIpc) is 2.91. The molecule has 0 spiro atoms. The summed E-state index contributed by atoms with van der Waals surface area (Å²) < 4.78 is 6.47. The summed E-state index contributed by atoms with van der Waals surface area (Å²) in [5.41, 5.74) is 2.70. The number of carbonyl (C=O) groups is 2. The van der Waals surface area contributed by atoms with Crippen molar-refractivity contribution in [2.75, 3.05) is 37.4 Å². The Bertz CT molecular complexity index is 1220. The van der Waals surface area contributed by atoms with Gasteiger partial charge in [0.2, 0.25) is 0 Å². The maximum atomic E-state index is 13.6. The normalized spacial score (nSPS) is 18.1. The molecule has 1 heterocycles. The zero-order chi connectivity index (χ0) is 27.1. The van der Waals surface area contributed by atoms with E-state index in [0.717, 1.165) is 6.54 Å². The molecule has 3 atom stereocenters. The number of ether oxygens (including phenoxy) is 1. The number of fused-ring (bicyclic) bond motifs is 1. The van der Waals surface area contributed by atoms with Crippen LogP contribution in [-0.4, -0.2) is 65.7 Å². The first-order chi connectivity index (χ1) is 18.3. The van der Waals surface area contributed by atoms with Gasteiger partial charge in [-0.25, -0.2) is 4.79 Å². The summed E-state index contributed by atoms with van der Waals surface area (Å²) in [6.07, 6.45) is -0.191. The Morgan fingerprint density at radius 3 is 2.39 bits per heavy atom. The lowest BCUT2D eigenvalue weighted by atomic mass is 9.99. The topological polar surface area (TPSA) is 94.1 Å². The van der Waals surface area contributed by atoms with Gasteiger partial charge < -0.3 is 25.4 Å². The smallest absolute Gasteiger partial charge is 0.323 e. The molecule has 0 fully saturated rings. The molecular formula is C30H36N4O4. The molecule has 3 aromatic rings. The molecule has 0 saturated carbocycles. The second-order valence-electron chi connectivity index (χ2n) is 9.96. The van der Waals surface area contributed by atoms with Crippen molar-refractivity contribution in [1.82, 2.24) is 9.80 Å². The third kappa shape index (κ3) is 6.90. The molecule has 0 unspecified atom stereocenters. The highest BCUT2D eigenvalue weighted by molar-refractivity contribution is 6.02. The molecule has 0 aliphatic carbocycles. The number of aliphatic hydroxyl groups excluding tert-OH is 1. The fraction of sp³-hybridized carbons (Fsp3) is 0.333. The van der Waals surface area contributed by atoms with Gasteiger partial charge in [-0.1, -0.05) is 55.5 Å². The van der Waals surface area contributed by atoms with Crippen molar-refractivity contribution in [1.29, 1.82) is 0 Å². The van der Waals surface area contributed by atoms with Crippen molar-refractivity contribution in [2.45, 2.75) is 32.5 Å². The molecule has 0 radical (unpaired) electrons. The number of benzene rings is 3. The fourth-order valence-corrected chi connectivity index (χ4v) is 4.60. The van der Waals surface area contributed by atoms with Crippen LogP contribution in [-0.2, 0) is 6.54 Å². The first-order valence-corrected chi connectivity index (χ1v) is 12.9. The summed E-state index contributed by atoms with van der Waals surface area (Å²) >= 11 is 0. The highest BCUT2D eigenvalue weighted by Crippen LogP contribution is 2.31. The van der Waals surface area contributed by atoms with Crippen LogP contribution in [0, 0.1) is 5.92 Å². The summed E-state index contributed by atoms with van der Waals surface area (Å²) in [4.78, 5) is 30.1. The monoisotopic (exact) mass is 516 g/mol. The van der Waals surface area contributed by atoms with E-state index in [1.165, 1.54) is 5.56 Å². The molecule has 1 aliphatic rings. The molecule has 200 valence electrons. The zero-order valence-electron chi connectivity index (χ0n) is 22.1. The molecule has 0 saturated heterocycles. The van der Waals surface area contributed by atoms with E-state index in [2.05, 4.69) is 41.6 Å². The number of nitrogens with zero attached hydrogens (tertiary/aromatic N) is 2. The van der Waals surface area contributed by atoms with Gasteiger partial charge >= 0.3 is 6.03 Å². The predicted molar refractivity (Wildman–Crippen MR) is 149 cm³/mol. The molecule has 8 nitrogen and oxygen atoms in total. The summed E-state index contributed by atoms with van der Waals surface area (Å²) in [6.45, 7) is 5.62. The van der Waals surface area contributed by atoms with Gasteiger partial charge in [0.15, 0.2) is 0 Å². The summed E-state index contributed by atoms with van der Waals surface area (Å²) in [5, 5.41) is 15.5. The van der Waals surface area contributed by atoms with Gasteiger partial charge in [0, 0.05) is 36.9 Å². The van der Waals surface area contributed by atoms with Gasteiger partial charge in [-0.3, -0.25) is 9.69 Å². The number of para-hydroxylation sites is 1. The van der Waals surface area contributed by atoms with E-state index in [1.807, 2.05) is 43.3 Å². The van der Waals surface area contributed by atoms with E-state index in [1.54, 1.807) is 35.2 Å².